The van der Waals surface area contributed by atoms with Crippen LogP contribution in [0.3, 0.4) is 0 Å². The van der Waals surface area contributed by atoms with Gasteiger partial charge in [-0.05, 0) is 30.7 Å². The molecule has 0 bridgehead atoms. The Balaban J connectivity index is 2.07. The van der Waals surface area contributed by atoms with E-state index in [4.69, 9.17) is 19.5 Å². The molecule has 2 rings (SSSR count). The lowest BCUT2D eigenvalue weighted by Gasteiger charge is -2.14. The van der Waals surface area contributed by atoms with Gasteiger partial charge >= 0.3 is 6.16 Å². The molecule has 0 amide bonds. The monoisotopic (exact) mass is 463 g/mol. The third-order valence-electron chi connectivity index (χ3n) is 4.94. The molecule has 0 aliphatic rings. The molecule has 0 radical (unpaired) electrons. The first kappa shape index (κ1) is 26.0. The zero-order valence-electron chi connectivity index (χ0n) is 19.0. The van der Waals surface area contributed by atoms with Gasteiger partial charge in [-0.3, -0.25) is 0 Å². The number of ether oxygens (including phenoxy) is 3. The Kier molecular flexibility index (Phi) is 10.0. The van der Waals surface area contributed by atoms with Gasteiger partial charge in [-0.15, -0.1) is 0 Å². The quantitative estimate of drug-likeness (QED) is 0.200. The van der Waals surface area contributed by atoms with E-state index in [0.717, 1.165) is 44.2 Å². The summed E-state index contributed by atoms with van der Waals surface area (Å²) in [5.74, 6) is -4.05. The average Bonchev–Trinajstić information content (AvgIpc) is 2.77. The largest absolute Gasteiger partial charge is 0.515 e. The van der Waals surface area contributed by atoms with Crippen molar-refractivity contribution in [1.29, 1.82) is 5.26 Å². The third kappa shape index (κ3) is 7.41. The summed E-state index contributed by atoms with van der Waals surface area (Å²) < 4.78 is 58.7. The van der Waals surface area contributed by atoms with Crippen LogP contribution < -0.4 is 9.47 Å². The smallest absolute Gasteiger partial charge is 0.490 e. The highest BCUT2D eigenvalue weighted by atomic mass is 19.2. The summed E-state index contributed by atoms with van der Waals surface area (Å²) in [6.07, 6.45) is 2.77. The number of carbonyl (C=O) groups is 1. The lowest BCUT2D eigenvalue weighted by atomic mass is 10.0. The SMILES string of the molecule is CCCCCCCOc1ccc(-c2ccc(OC(=O)OC(C#N)C(C)C)cc2F)c(F)c1F. The van der Waals surface area contributed by atoms with E-state index in [0.29, 0.717) is 0 Å². The van der Waals surface area contributed by atoms with Crippen molar-refractivity contribution in [2.45, 2.75) is 59.0 Å². The Bertz CT molecular complexity index is 988. The van der Waals surface area contributed by atoms with Crippen LogP contribution in [0.5, 0.6) is 11.5 Å². The first-order valence-corrected chi connectivity index (χ1v) is 11.0. The van der Waals surface area contributed by atoms with Crippen LogP contribution in [0.4, 0.5) is 18.0 Å². The number of benzene rings is 2. The van der Waals surface area contributed by atoms with Gasteiger partial charge in [-0.2, -0.15) is 9.65 Å². The first-order valence-electron chi connectivity index (χ1n) is 11.0. The Morgan fingerprint density at radius 1 is 1.00 bits per heavy atom. The Hall–Kier alpha value is -3.21. The molecule has 0 heterocycles. The van der Waals surface area contributed by atoms with Gasteiger partial charge in [0.15, 0.2) is 17.7 Å². The molecule has 0 spiro atoms. The second kappa shape index (κ2) is 12.7. The predicted octanol–water partition coefficient (Wildman–Crippen LogP) is 7.18. The molecule has 0 aromatic heterocycles. The molecule has 1 atom stereocenters. The molecule has 0 aliphatic carbocycles. The van der Waals surface area contributed by atoms with Crippen LogP contribution in [0.2, 0.25) is 0 Å². The van der Waals surface area contributed by atoms with Gasteiger partial charge in [0.2, 0.25) is 5.82 Å². The van der Waals surface area contributed by atoms with Crippen molar-refractivity contribution in [3.8, 4) is 28.7 Å². The molecule has 5 nitrogen and oxygen atoms in total. The maximum absolute atomic E-state index is 14.6. The first-order chi connectivity index (χ1) is 15.8. The molecule has 0 aliphatic heterocycles. The van der Waals surface area contributed by atoms with Crippen molar-refractivity contribution < 1.29 is 32.2 Å². The number of hydrogen-bond acceptors (Lipinski definition) is 5. The van der Waals surface area contributed by atoms with E-state index >= 15 is 0 Å². The van der Waals surface area contributed by atoms with Crippen LogP contribution >= 0.6 is 0 Å². The van der Waals surface area contributed by atoms with Gasteiger partial charge in [0.1, 0.15) is 17.6 Å². The molecule has 2 aromatic rings. The van der Waals surface area contributed by atoms with E-state index < -0.39 is 29.7 Å². The Morgan fingerprint density at radius 2 is 1.70 bits per heavy atom. The molecule has 8 heteroatoms. The fourth-order valence-electron chi connectivity index (χ4n) is 3.05. The van der Waals surface area contributed by atoms with Crippen LogP contribution in [-0.4, -0.2) is 18.9 Å². The fourth-order valence-corrected chi connectivity index (χ4v) is 3.05. The van der Waals surface area contributed by atoms with Crippen LogP contribution in [0, 0.1) is 34.7 Å². The van der Waals surface area contributed by atoms with Gasteiger partial charge in [-0.25, -0.2) is 13.6 Å². The zero-order valence-corrected chi connectivity index (χ0v) is 19.0. The standard InChI is InChI=1S/C25H28F3NO4/c1-4-5-6-7-8-13-31-21-12-11-19(23(27)24(21)28)18-10-9-17(14-20(18)26)32-25(30)33-22(15-29)16(2)3/h9-12,14,16,22H,4-8,13H2,1-3H3. The number of hydrogen-bond donors (Lipinski definition) is 0. The summed E-state index contributed by atoms with van der Waals surface area (Å²) >= 11 is 0. The van der Waals surface area contributed by atoms with Gasteiger partial charge in [0.25, 0.3) is 0 Å². The maximum atomic E-state index is 14.6. The second-order valence-electron chi connectivity index (χ2n) is 7.91. The molecular formula is C25H28F3NO4. The lowest BCUT2D eigenvalue weighted by Crippen LogP contribution is -2.24. The zero-order chi connectivity index (χ0) is 24.4. The van der Waals surface area contributed by atoms with Crippen molar-refractivity contribution in [1.82, 2.24) is 0 Å². The van der Waals surface area contributed by atoms with Gasteiger partial charge in [0, 0.05) is 23.1 Å². The van der Waals surface area contributed by atoms with Crippen molar-refractivity contribution in [3.63, 3.8) is 0 Å². The molecular weight excluding hydrogens is 435 g/mol. The van der Waals surface area contributed by atoms with E-state index in [9.17, 15) is 18.0 Å². The Morgan fingerprint density at radius 3 is 2.33 bits per heavy atom. The normalized spacial score (nSPS) is 11.7. The fraction of sp³-hybridized carbons (Fsp3) is 0.440. The van der Waals surface area contributed by atoms with Crippen LogP contribution in [0.1, 0.15) is 52.9 Å². The van der Waals surface area contributed by atoms with Gasteiger partial charge < -0.3 is 14.2 Å². The van der Waals surface area contributed by atoms with Crippen molar-refractivity contribution in [3.05, 3.63) is 47.8 Å². The molecule has 0 saturated heterocycles. The summed E-state index contributed by atoms with van der Waals surface area (Å²) in [6, 6.07) is 7.54. The van der Waals surface area contributed by atoms with E-state index in [-0.39, 0.29) is 35.2 Å². The molecule has 1 unspecified atom stereocenters. The summed E-state index contributed by atoms with van der Waals surface area (Å²) in [7, 11) is 0. The van der Waals surface area contributed by atoms with Crippen LogP contribution in [-0.2, 0) is 4.74 Å². The maximum Gasteiger partial charge on any atom is 0.515 e. The average molecular weight is 463 g/mol. The highest BCUT2D eigenvalue weighted by Crippen LogP contribution is 2.33. The van der Waals surface area contributed by atoms with Crippen molar-refractivity contribution in [2.24, 2.45) is 5.92 Å². The summed E-state index contributed by atoms with van der Waals surface area (Å²) in [4.78, 5) is 11.8. The number of halogens is 3. The Labute approximate surface area is 192 Å². The second-order valence-corrected chi connectivity index (χ2v) is 7.91. The minimum Gasteiger partial charge on any atom is -0.490 e. The number of unbranched alkanes of at least 4 members (excludes halogenated alkanes) is 4. The number of nitrogens with zero attached hydrogens (tertiary/aromatic N) is 1. The van der Waals surface area contributed by atoms with Crippen LogP contribution in [0.15, 0.2) is 30.3 Å². The predicted molar refractivity (Wildman–Crippen MR) is 117 cm³/mol. The molecule has 0 N–H and O–H groups in total. The number of rotatable bonds is 11. The van der Waals surface area contributed by atoms with E-state index in [1.165, 1.54) is 18.2 Å². The molecule has 33 heavy (non-hydrogen) atoms. The van der Waals surface area contributed by atoms with E-state index in [1.807, 2.05) is 6.07 Å². The van der Waals surface area contributed by atoms with Gasteiger partial charge in [0.05, 0.1) is 6.61 Å². The van der Waals surface area contributed by atoms with E-state index in [1.54, 1.807) is 13.8 Å². The van der Waals surface area contributed by atoms with Gasteiger partial charge in [-0.1, -0.05) is 46.5 Å². The summed E-state index contributed by atoms with van der Waals surface area (Å²) in [6.45, 7) is 5.74. The van der Waals surface area contributed by atoms with E-state index in [2.05, 4.69) is 6.92 Å². The highest BCUT2D eigenvalue weighted by Gasteiger charge is 2.21. The molecule has 2 aromatic carbocycles. The number of carbonyl (C=O) groups excluding carboxylic acids is 1. The minimum atomic E-state index is -1.24. The van der Waals surface area contributed by atoms with Crippen molar-refractivity contribution in [2.75, 3.05) is 6.61 Å². The molecule has 0 saturated carbocycles. The minimum absolute atomic E-state index is 0.203. The lowest BCUT2D eigenvalue weighted by molar-refractivity contribution is 0.0621. The topological polar surface area (TPSA) is 68.6 Å². The van der Waals surface area contributed by atoms with Crippen LogP contribution in [0.25, 0.3) is 11.1 Å². The molecule has 0 fully saturated rings. The third-order valence-corrected chi connectivity index (χ3v) is 4.94. The summed E-state index contributed by atoms with van der Waals surface area (Å²) in [5.41, 5.74) is -0.505. The highest BCUT2D eigenvalue weighted by molar-refractivity contribution is 5.69. The summed E-state index contributed by atoms with van der Waals surface area (Å²) in [5, 5.41) is 8.96. The van der Waals surface area contributed by atoms with Crippen molar-refractivity contribution >= 4 is 6.16 Å². The molecule has 178 valence electrons. The number of nitriles is 1.